The molecule has 0 spiro atoms. The van der Waals surface area contributed by atoms with Crippen LogP contribution in [0.2, 0.25) is 0 Å². The summed E-state index contributed by atoms with van der Waals surface area (Å²) in [5.74, 6) is 1.05. The van der Waals surface area contributed by atoms with Crippen LogP contribution in [0.3, 0.4) is 0 Å². The lowest BCUT2D eigenvalue weighted by Gasteiger charge is -2.20. The minimum absolute atomic E-state index is 0.144. The summed E-state index contributed by atoms with van der Waals surface area (Å²) in [6.07, 6.45) is 4.17. The molecule has 1 aliphatic heterocycles. The molecular weight excluding hydrogens is 226 g/mol. The van der Waals surface area contributed by atoms with Crippen molar-refractivity contribution in [1.29, 1.82) is 0 Å². The predicted molar refractivity (Wildman–Crippen MR) is 72.3 cm³/mol. The van der Waals surface area contributed by atoms with Crippen LogP contribution in [0.4, 0.5) is 0 Å². The molecule has 0 aliphatic carbocycles. The molecule has 0 aromatic carbocycles. The Balaban J connectivity index is 2.31. The van der Waals surface area contributed by atoms with E-state index in [2.05, 4.69) is 48.0 Å². The summed E-state index contributed by atoms with van der Waals surface area (Å²) in [6, 6.07) is 2.34. The number of hydrogen-bond acceptors (Lipinski definition) is 3. The van der Waals surface area contributed by atoms with Crippen molar-refractivity contribution in [3.8, 4) is 0 Å². The Morgan fingerprint density at radius 3 is 2.83 bits per heavy atom. The van der Waals surface area contributed by atoms with Crippen LogP contribution >= 0.6 is 0 Å². The second-order valence-corrected chi connectivity index (χ2v) is 4.46. The Hall–Kier alpha value is -1.29. The first-order valence-electron chi connectivity index (χ1n) is 6.92. The van der Waals surface area contributed by atoms with Gasteiger partial charge in [0.2, 0.25) is 0 Å². The first-order chi connectivity index (χ1) is 8.80. The first kappa shape index (κ1) is 13.1. The summed E-state index contributed by atoms with van der Waals surface area (Å²) in [5.41, 5.74) is 2.36. The van der Waals surface area contributed by atoms with Gasteiger partial charge in [-0.2, -0.15) is 5.10 Å². The third-order valence-corrected chi connectivity index (χ3v) is 3.24. The Morgan fingerprint density at radius 1 is 1.44 bits per heavy atom. The molecule has 1 atom stereocenters. The van der Waals surface area contributed by atoms with Crippen molar-refractivity contribution in [3.63, 3.8) is 0 Å². The summed E-state index contributed by atoms with van der Waals surface area (Å²) in [7, 11) is 0. The smallest absolute Gasteiger partial charge is 0.115 e. The number of nitrogens with zero attached hydrogens (tertiary/aromatic N) is 2. The molecule has 4 nitrogen and oxygen atoms in total. The fourth-order valence-corrected chi connectivity index (χ4v) is 2.34. The normalized spacial score (nSPS) is 16.5. The average molecular weight is 249 g/mol. The lowest BCUT2D eigenvalue weighted by atomic mass is 10.1. The van der Waals surface area contributed by atoms with Gasteiger partial charge >= 0.3 is 0 Å². The maximum atomic E-state index is 5.72. The molecule has 0 fully saturated rings. The second kappa shape index (κ2) is 6.05. The van der Waals surface area contributed by atoms with Crippen LogP contribution in [-0.4, -0.2) is 22.9 Å². The zero-order chi connectivity index (χ0) is 13.0. The van der Waals surface area contributed by atoms with Gasteiger partial charge in [0.25, 0.3) is 0 Å². The number of ether oxygens (including phenoxy) is 1. The summed E-state index contributed by atoms with van der Waals surface area (Å²) in [5, 5.41) is 8.11. The van der Waals surface area contributed by atoms with Crippen LogP contribution in [0.25, 0.3) is 0 Å². The molecule has 4 heteroatoms. The molecule has 2 rings (SSSR count). The van der Waals surface area contributed by atoms with E-state index in [0.717, 1.165) is 44.0 Å². The third-order valence-electron chi connectivity index (χ3n) is 3.24. The van der Waals surface area contributed by atoms with Crippen molar-refractivity contribution < 1.29 is 4.74 Å². The Labute approximate surface area is 109 Å². The van der Waals surface area contributed by atoms with Crippen molar-refractivity contribution in [3.05, 3.63) is 29.3 Å². The molecule has 0 saturated heterocycles. The van der Waals surface area contributed by atoms with Crippen molar-refractivity contribution in [1.82, 2.24) is 15.1 Å². The van der Waals surface area contributed by atoms with E-state index in [1.54, 1.807) is 0 Å². The van der Waals surface area contributed by atoms with Gasteiger partial charge in [-0.05, 0) is 32.0 Å². The quantitative estimate of drug-likeness (QED) is 0.841. The topological polar surface area (TPSA) is 39.1 Å². The standard InChI is InChI=1S/C14H23N3O/c1-4-11-10-12(17(6-3)16-11)14(15-5-2)13-8-7-9-18-13/h8,10,14-15H,4-7,9H2,1-3H3. The summed E-state index contributed by atoms with van der Waals surface area (Å²) in [4.78, 5) is 0. The number of likely N-dealkylation sites (N-methyl/N-ethyl adjacent to an activating group) is 1. The maximum absolute atomic E-state index is 5.72. The van der Waals surface area contributed by atoms with Gasteiger partial charge in [0.15, 0.2) is 0 Å². The lowest BCUT2D eigenvalue weighted by Crippen LogP contribution is -2.25. The number of rotatable bonds is 6. The highest BCUT2D eigenvalue weighted by Gasteiger charge is 2.23. The third kappa shape index (κ3) is 2.58. The largest absolute Gasteiger partial charge is 0.496 e. The van der Waals surface area contributed by atoms with E-state index in [0.29, 0.717) is 0 Å². The molecule has 100 valence electrons. The van der Waals surface area contributed by atoms with E-state index in [1.165, 1.54) is 5.69 Å². The van der Waals surface area contributed by atoms with Gasteiger partial charge in [-0.25, -0.2) is 0 Å². The van der Waals surface area contributed by atoms with Gasteiger partial charge in [0.05, 0.1) is 18.0 Å². The predicted octanol–water partition coefficient (Wildman–Crippen LogP) is 2.42. The minimum Gasteiger partial charge on any atom is -0.496 e. The van der Waals surface area contributed by atoms with E-state index in [9.17, 15) is 0 Å². The highest BCUT2D eigenvalue weighted by molar-refractivity contribution is 5.23. The number of aromatic nitrogens is 2. The van der Waals surface area contributed by atoms with Crippen LogP contribution in [0, 0.1) is 0 Å². The SMILES string of the molecule is CCNC(C1=CCCO1)c1cc(CC)nn1CC. The molecule has 18 heavy (non-hydrogen) atoms. The van der Waals surface area contributed by atoms with Crippen LogP contribution in [-0.2, 0) is 17.7 Å². The van der Waals surface area contributed by atoms with Crippen LogP contribution in [0.1, 0.15) is 44.6 Å². The van der Waals surface area contributed by atoms with Crippen LogP contribution < -0.4 is 5.32 Å². The van der Waals surface area contributed by atoms with Crippen molar-refractivity contribution in [2.75, 3.05) is 13.2 Å². The lowest BCUT2D eigenvalue weighted by molar-refractivity contribution is 0.213. The molecule has 0 amide bonds. The van der Waals surface area contributed by atoms with Gasteiger partial charge in [-0.15, -0.1) is 0 Å². The molecule has 1 N–H and O–H groups in total. The summed E-state index contributed by atoms with van der Waals surface area (Å²) < 4.78 is 7.80. The highest BCUT2D eigenvalue weighted by atomic mass is 16.5. The zero-order valence-corrected chi connectivity index (χ0v) is 11.6. The van der Waals surface area contributed by atoms with Gasteiger partial charge in [-0.3, -0.25) is 4.68 Å². The molecule has 0 saturated carbocycles. The van der Waals surface area contributed by atoms with Gasteiger partial charge in [-0.1, -0.05) is 13.8 Å². The molecule has 1 aromatic rings. The van der Waals surface area contributed by atoms with E-state index in [4.69, 9.17) is 4.74 Å². The van der Waals surface area contributed by atoms with E-state index in [-0.39, 0.29) is 6.04 Å². The molecule has 1 unspecified atom stereocenters. The van der Waals surface area contributed by atoms with Gasteiger partial charge in [0.1, 0.15) is 11.8 Å². The van der Waals surface area contributed by atoms with E-state index in [1.807, 2.05) is 0 Å². The fraction of sp³-hybridized carbons (Fsp3) is 0.643. The number of aryl methyl sites for hydroxylation is 2. The molecule has 2 heterocycles. The molecule has 0 bridgehead atoms. The molecule has 1 aliphatic rings. The number of hydrogen-bond donors (Lipinski definition) is 1. The van der Waals surface area contributed by atoms with E-state index >= 15 is 0 Å². The number of nitrogens with one attached hydrogen (secondary N) is 1. The summed E-state index contributed by atoms with van der Waals surface area (Å²) >= 11 is 0. The maximum Gasteiger partial charge on any atom is 0.115 e. The Kier molecular flexibility index (Phi) is 4.42. The van der Waals surface area contributed by atoms with Crippen molar-refractivity contribution in [2.45, 2.75) is 46.2 Å². The van der Waals surface area contributed by atoms with Crippen molar-refractivity contribution >= 4 is 0 Å². The summed E-state index contributed by atoms with van der Waals surface area (Å²) in [6.45, 7) is 9.00. The average Bonchev–Trinajstić information content (AvgIpc) is 3.04. The zero-order valence-electron chi connectivity index (χ0n) is 11.6. The molecular formula is C14H23N3O. The monoisotopic (exact) mass is 249 g/mol. The van der Waals surface area contributed by atoms with Crippen molar-refractivity contribution in [2.24, 2.45) is 0 Å². The minimum atomic E-state index is 0.144. The van der Waals surface area contributed by atoms with Crippen LogP contribution in [0.5, 0.6) is 0 Å². The van der Waals surface area contributed by atoms with Gasteiger partial charge in [0, 0.05) is 13.0 Å². The van der Waals surface area contributed by atoms with E-state index < -0.39 is 0 Å². The fourth-order valence-electron chi connectivity index (χ4n) is 2.34. The second-order valence-electron chi connectivity index (χ2n) is 4.46. The van der Waals surface area contributed by atoms with Crippen LogP contribution in [0.15, 0.2) is 17.9 Å². The highest BCUT2D eigenvalue weighted by Crippen LogP contribution is 2.27. The Morgan fingerprint density at radius 2 is 2.28 bits per heavy atom. The molecule has 0 radical (unpaired) electrons. The molecule has 1 aromatic heterocycles. The Bertz CT molecular complexity index is 423. The first-order valence-corrected chi connectivity index (χ1v) is 6.92. The van der Waals surface area contributed by atoms with Gasteiger partial charge < -0.3 is 10.1 Å².